The minimum atomic E-state index is 0.207. The Morgan fingerprint density at radius 2 is 1.58 bits per heavy atom. The molecule has 0 saturated heterocycles. The van der Waals surface area contributed by atoms with Crippen molar-refractivity contribution in [3.8, 4) is 0 Å². The Bertz CT molecular complexity index is 594. The monoisotopic (exact) mass is 323 g/mol. The van der Waals surface area contributed by atoms with Crippen molar-refractivity contribution in [2.75, 3.05) is 11.9 Å². The van der Waals surface area contributed by atoms with Gasteiger partial charge in [-0.1, -0.05) is 74.7 Å². The smallest absolute Gasteiger partial charge is 0.227 e. The van der Waals surface area contributed by atoms with E-state index in [1.807, 2.05) is 43.4 Å². The van der Waals surface area contributed by atoms with Crippen molar-refractivity contribution in [1.29, 1.82) is 0 Å². The summed E-state index contributed by atoms with van der Waals surface area (Å²) < 4.78 is 0. The molecule has 0 fully saturated rings. The van der Waals surface area contributed by atoms with Gasteiger partial charge in [-0.05, 0) is 36.5 Å². The van der Waals surface area contributed by atoms with Crippen molar-refractivity contribution < 1.29 is 4.79 Å². The minimum absolute atomic E-state index is 0.207. The molecule has 0 aliphatic rings. The van der Waals surface area contributed by atoms with E-state index in [9.17, 15) is 4.79 Å². The number of benzene rings is 2. The van der Waals surface area contributed by atoms with E-state index in [4.69, 9.17) is 0 Å². The molecule has 0 spiro atoms. The molecule has 2 heteroatoms. The van der Waals surface area contributed by atoms with E-state index in [0.29, 0.717) is 12.3 Å². The topological polar surface area (TPSA) is 20.3 Å². The molecule has 0 aliphatic carbocycles. The highest BCUT2D eigenvalue weighted by Crippen LogP contribution is 2.22. The van der Waals surface area contributed by atoms with Crippen LogP contribution in [0, 0.1) is 5.92 Å². The van der Waals surface area contributed by atoms with E-state index < -0.39 is 0 Å². The zero-order chi connectivity index (χ0) is 17.2. The molecule has 0 aromatic heterocycles. The number of amides is 1. The Balaban J connectivity index is 1.99. The van der Waals surface area contributed by atoms with Crippen molar-refractivity contribution >= 4 is 11.6 Å². The average molecular weight is 323 g/mol. The second-order valence-corrected chi connectivity index (χ2v) is 6.54. The van der Waals surface area contributed by atoms with Crippen LogP contribution in [0.15, 0.2) is 60.7 Å². The van der Waals surface area contributed by atoms with Crippen LogP contribution in [0.5, 0.6) is 0 Å². The van der Waals surface area contributed by atoms with Gasteiger partial charge in [0.15, 0.2) is 0 Å². The fourth-order valence-electron chi connectivity index (χ4n) is 3.09. The van der Waals surface area contributed by atoms with Gasteiger partial charge in [0.05, 0.1) is 0 Å². The van der Waals surface area contributed by atoms with E-state index in [1.54, 1.807) is 4.90 Å². The normalized spacial score (nSPS) is 11.9. The number of carbonyl (C=O) groups excluding carboxylic acids is 1. The second kappa shape index (κ2) is 9.92. The van der Waals surface area contributed by atoms with Gasteiger partial charge >= 0.3 is 0 Å². The average Bonchev–Trinajstić information content (AvgIpc) is 2.62. The molecule has 2 nitrogen and oxygen atoms in total. The third kappa shape index (κ3) is 5.84. The predicted molar refractivity (Wildman–Crippen MR) is 102 cm³/mol. The molecule has 24 heavy (non-hydrogen) atoms. The molecule has 128 valence electrons. The molecule has 0 N–H and O–H groups in total. The van der Waals surface area contributed by atoms with Crippen molar-refractivity contribution in [3.63, 3.8) is 0 Å². The zero-order valence-electron chi connectivity index (χ0n) is 14.9. The number of nitrogens with zero attached hydrogens (tertiary/aromatic N) is 1. The van der Waals surface area contributed by atoms with Crippen LogP contribution in [0.3, 0.4) is 0 Å². The highest BCUT2D eigenvalue weighted by atomic mass is 16.2. The molecule has 0 radical (unpaired) electrons. The van der Waals surface area contributed by atoms with Crippen molar-refractivity contribution in [1.82, 2.24) is 0 Å². The number of hydrogen-bond acceptors (Lipinski definition) is 1. The summed E-state index contributed by atoms with van der Waals surface area (Å²) in [5.74, 6) is 0.622. The van der Waals surface area contributed by atoms with Crippen LogP contribution in [-0.2, 0) is 11.2 Å². The first-order valence-corrected chi connectivity index (χ1v) is 9.06. The van der Waals surface area contributed by atoms with Gasteiger partial charge < -0.3 is 4.90 Å². The van der Waals surface area contributed by atoms with Crippen LogP contribution >= 0.6 is 0 Å². The largest absolute Gasteiger partial charge is 0.315 e. The van der Waals surface area contributed by atoms with Crippen LogP contribution < -0.4 is 4.90 Å². The van der Waals surface area contributed by atoms with E-state index in [2.05, 4.69) is 31.2 Å². The van der Waals surface area contributed by atoms with Gasteiger partial charge in [0, 0.05) is 19.2 Å². The lowest BCUT2D eigenvalue weighted by atomic mass is 9.90. The van der Waals surface area contributed by atoms with Crippen LogP contribution in [0.1, 0.15) is 44.6 Å². The molecule has 2 aromatic rings. The maximum atomic E-state index is 12.7. The van der Waals surface area contributed by atoms with Gasteiger partial charge in [0.1, 0.15) is 0 Å². The first kappa shape index (κ1) is 18.3. The molecule has 0 aliphatic heterocycles. The van der Waals surface area contributed by atoms with Gasteiger partial charge in [-0.3, -0.25) is 4.79 Å². The maximum absolute atomic E-state index is 12.7. The van der Waals surface area contributed by atoms with Crippen LogP contribution in [0.2, 0.25) is 0 Å². The van der Waals surface area contributed by atoms with Gasteiger partial charge in [-0.25, -0.2) is 0 Å². The first-order valence-electron chi connectivity index (χ1n) is 9.06. The third-order valence-electron chi connectivity index (χ3n) is 4.56. The fraction of sp³-hybridized carbons (Fsp3) is 0.409. The molecule has 2 aromatic carbocycles. The molecule has 1 unspecified atom stereocenters. The molecular weight excluding hydrogens is 294 g/mol. The number of hydrogen-bond donors (Lipinski definition) is 0. The van der Waals surface area contributed by atoms with Crippen LogP contribution in [0.4, 0.5) is 5.69 Å². The van der Waals surface area contributed by atoms with E-state index in [0.717, 1.165) is 18.5 Å². The zero-order valence-corrected chi connectivity index (χ0v) is 14.9. The lowest BCUT2D eigenvalue weighted by Gasteiger charge is -2.22. The summed E-state index contributed by atoms with van der Waals surface area (Å²) >= 11 is 0. The van der Waals surface area contributed by atoms with E-state index >= 15 is 0 Å². The van der Waals surface area contributed by atoms with Crippen LogP contribution in [-0.4, -0.2) is 13.0 Å². The molecule has 1 atom stereocenters. The standard InChI is InChI=1S/C22H29NO/c1-3-4-7-14-20(17-19-12-8-5-9-13-19)18-22(24)23(2)21-15-10-6-11-16-21/h5-6,8-13,15-16,20H,3-4,7,14,17-18H2,1-2H3. The van der Waals surface area contributed by atoms with Gasteiger partial charge in [-0.2, -0.15) is 0 Å². The summed E-state index contributed by atoms with van der Waals surface area (Å²) in [6.07, 6.45) is 6.39. The van der Waals surface area contributed by atoms with E-state index in [1.165, 1.54) is 24.8 Å². The molecule has 0 saturated carbocycles. The maximum Gasteiger partial charge on any atom is 0.227 e. The van der Waals surface area contributed by atoms with Crippen molar-refractivity contribution in [3.05, 3.63) is 66.2 Å². The Morgan fingerprint density at radius 1 is 0.958 bits per heavy atom. The lowest BCUT2D eigenvalue weighted by Crippen LogP contribution is -2.28. The van der Waals surface area contributed by atoms with Gasteiger partial charge in [0.2, 0.25) is 5.91 Å². The molecule has 0 heterocycles. The third-order valence-corrected chi connectivity index (χ3v) is 4.56. The van der Waals surface area contributed by atoms with Crippen molar-refractivity contribution in [2.45, 2.75) is 45.4 Å². The molecule has 0 bridgehead atoms. The molecule has 1 amide bonds. The van der Waals surface area contributed by atoms with Gasteiger partial charge in [0.25, 0.3) is 0 Å². The summed E-state index contributed by atoms with van der Waals surface area (Å²) in [7, 11) is 1.88. The lowest BCUT2D eigenvalue weighted by molar-refractivity contribution is -0.119. The summed E-state index contributed by atoms with van der Waals surface area (Å²) in [4.78, 5) is 14.5. The van der Waals surface area contributed by atoms with Crippen molar-refractivity contribution in [2.24, 2.45) is 5.92 Å². The summed E-state index contributed by atoms with van der Waals surface area (Å²) in [6, 6.07) is 20.4. The number of carbonyl (C=O) groups is 1. The summed E-state index contributed by atoms with van der Waals surface area (Å²) in [5.41, 5.74) is 2.30. The second-order valence-electron chi connectivity index (χ2n) is 6.54. The summed E-state index contributed by atoms with van der Waals surface area (Å²) in [5, 5.41) is 0. The Morgan fingerprint density at radius 3 is 2.21 bits per heavy atom. The molecular formula is C22H29NO. The Kier molecular flexibility index (Phi) is 7.54. The summed E-state index contributed by atoms with van der Waals surface area (Å²) in [6.45, 7) is 2.22. The number of anilines is 1. The number of para-hydroxylation sites is 1. The minimum Gasteiger partial charge on any atom is -0.315 e. The van der Waals surface area contributed by atoms with E-state index in [-0.39, 0.29) is 5.91 Å². The quantitative estimate of drug-likeness (QED) is 0.560. The fourth-order valence-corrected chi connectivity index (χ4v) is 3.09. The van der Waals surface area contributed by atoms with Crippen LogP contribution in [0.25, 0.3) is 0 Å². The van der Waals surface area contributed by atoms with Gasteiger partial charge in [-0.15, -0.1) is 0 Å². The highest BCUT2D eigenvalue weighted by Gasteiger charge is 2.18. The molecule has 2 rings (SSSR count). The number of rotatable bonds is 9. The highest BCUT2D eigenvalue weighted by molar-refractivity contribution is 5.92. The predicted octanol–water partition coefficient (Wildman–Crippen LogP) is 5.48. The Labute approximate surface area is 146 Å². The Hall–Kier alpha value is -2.09. The number of unbranched alkanes of at least 4 members (excludes halogenated alkanes) is 2. The SMILES string of the molecule is CCCCCC(CC(=O)N(C)c1ccccc1)Cc1ccccc1. The first-order chi connectivity index (χ1) is 11.7.